The summed E-state index contributed by atoms with van der Waals surface area (Å²) in [7, 11) is 0. The predicted octanol–water partition coefficient (Wildman–Crippen LogP) is 1.89. The lowest BCUT2D eigenvalue weighted by molar-refractivity contribution is -0.118. The summed E-state index contributed by atoms with van der Waals surface area (Å²) in [5, 5.41) is 5.58. The zero-order valence-corrected chi connectivity index (χ0v) is 14.3. The van der Waals surface area contributed by atoms with Gasteiger partial charge in [-0.2, -0.15) is 0 Å². The third kappa shape index (κ3) is 3.70. The van der Waals surface area contributed by atoms with E-state index in [1.54, 1.807) is 4.90 Å². The van der Waals surface area contributed by atoms with Crippen LogP contribution in [0.3, 0.4) is 0 Å². The number of carbonyl (C=O) groups is 2. The molecule has 0 unspecified atom stereocenters. The largest absolute Gasteiger partial charge is 0.376 e. The lowest BCUT2D eigenvalue weighted by Crippen LogP contribution is -2.47. The molecule has 0 bridgehead atoms. The average Bonchev–Trinajstić information content (AvgIpc) is 3.19. The highest BCUT2D eigenvalue weighted by Crippen LogP contribution is 2.24. The minimum atomic E-state index is -0.462. The van der Waals surface area contributed by atoms with Crippen LogP contribution in [0.1, 0.15) is 30.4 Å². The van der Waals surface area contributed by atoms with Gasteiger partial charge in [0.25, 0.3) is 0 Å². The molecule has 2 saturated heterocycles. The van der Waals surface area contributed by atoms with Crippen molar-refractivity contribution >= 4 is 17.6 Å². The zero-order valence-electron chi connectivity index (χ0n) is 14.3. The highest BCUT2D eigenvalue weighted by molar-refractivity contribution is 6.01. The molecule has 6 nitrogen and oxygen atoms in total. The number of hydrogen-bond donors (Lipinski definition) is 2. The van der Waals surface area contributed by atoms with Crippen LogP contribution in [0.4, 0.5) is 10.5 Å². The summed E-state index contributed by atoms with van der Waals surface area (Å²) < 4.78 is 5.47. The van der Waals surface area contributed by atoms with Crippen molar-refractivity contribution in [1.29, 1.82) is 0 Å². The lowest BCUT2D eigenvalue weighted by atomic mass is 10.1. The van der Waals surface area contributed by atoms with E-state index >= 15 is 0 Å². The van der Waals surface area contributed by atoms with Crippen LogP contribution in [0.25, 0.3) is 0 Å². The molecule has 2 fully saturated rings. The van der Waals surface area contributed by atoms with Gasteiger partial charge in [-0.15, -0.1) is 0 Å². The molecular weight excluding hydrogens is 306 g/mol. The summed E-state index contributed by atoms with van der Waals surface area (Å²) in [5.41, 5.74) is 3.26. The lowest BCUT2D eigenvalue weighted by Gasteiger charge is -2.19. The fraction of sp³-hybridized carbons (Fsp3) is 0.556. The number of carbonyl (C=O) groups excluding carboxylic acids is 2. The number of urea groups is 1. The molecule has 24 heavy (non-hydrogen) atoms. The van der Waals surface area contributed by atoms with Crippen molar-refractivity contribution in [3.05, 3.63) is 29.3 Å². The third-order valence-electron chi connectivity index (χ3n) is 4.83. The molecule has 0 radical (unpaired) electrons. The van der Waals surface area contributed by atoms with Crippen molar-refractivity contribution in [2.75, 3.05) is 24.6 Å². The van der Waals surface area contributed by atoms with Gasteiger partial charge in [0.2, 0.25) is 5.91 Å². The van der Waals surface area contributed by atoms with Gasteiger partial charge in [0, 0.05) is 25.4 Å². The van der Waals surface area contributed by atoms with Crippen molar-refractivity contribution in [2.45, 2.75) is 45.3 Å². The first-order chi connectivity index (χ1) is 11.5. The monoisotopic (exact) mass is 331 g/mol. The average molecular weight is 331 g/mol. The van der Waals surface area contributed by atoms with Crippen molar-refractivity contribution in [3.63, 3.8) is 0 Å². The number of rotatable bonds is 4. The van der Waals surface area contributed by atoms with Crippen molar-refractivity contribution in [3.8, 4) is 0 Å². The molecule has 3 rings (SSSR count). The fourth-order valence-corrected chi connectivity index (χ4v) is 3.18. The minimum Gasteiger partial charge on any atom is -0.376 e. The van der Waals surface area contributed by atoms with Crippen LogP contribution in [0.15, 0.2) is 18.2 Å². The van der Waals surface area contributed by atoms with Crippen molar-refractivity contribution < 1.29 is 14.3 Å². The summed E-state index contributed by atoms with van der Waals surface area (Å²) in [6, 6.07) is 5.24. The van der Waals surface area contributed by atoms with E-state index in [9.17, 15) is 9.59 Å². The minimum absolute atomic E-state index is 0.0504. The Bertz CT molecular complexity index is 626. The maximum absolute atomic E-state index is 12.6. The first-order valence-corrected chi connectivity index (χ1v) is 8.59. The van der Waals surface area contributed by atoms with Crippen LogP contribution in [0.5, 0.6) is 0 Å². The number of hydrogen-bond acceptors (Lipinski definition) is 3. The van der Waals surface area contributed by atoms with Crippen LogP contribution >= 0.6 is 0 Å². The summed E-state index contributed by atoms with van der Waals surface area (Å²) in [5.74, 6) is -0.0504. The van der Waals surface area contributed by atoms with E-state index in [1.807, 2.05) is 32.0 Å². The van der Waals surface area contributed by atoms with Gasteiger partial charge >= 0.3 is 6.03 Å². The Balaban J connectivity index is 1.53. The molecule has 2 heterocycles. The molecule has 6 heteroatoms. The van der Waals surface area contributed by atoms with E-state index in [0.29, 0.717) is 19.5 Å². The number of nitrogens with zero attached hydrogens (tertiary/aromatic N) is 1. The highest BCUT2D eigenvalue weighted by atomic mass is 16.5. The zero-order chi connectivity index (χ0) is 17.1. The number of nitrogens with one attached hydrogen (secondary N) is 2. The van der Waals surface area contributed by atoms with E-state index in [-0.39, 0.29) is 18.0 Å². The molecule has 0 aliphatic carbocycles. The number of benzene rings is 1. The second-order valence-electron chi connectivity index (χ2n) is 6.59. The van der Waals surface area contributed by atoms with Gasteiger partial charge in [0.05, 0.1) is 6.10 Å². The standard InChI is InChI=1S/C18H25N3O3/c1-12-5-6-14(10-13(12)2)21-8-7-16(17(21)22)20-18(23)19-11-15-4-3-9-24-15/h5-6,10,15-16H,3-4,7-9,11H2,1-2H3,(H2,19,20,23)/t15-,16+/m1/s1. The smallest absolute Gasteiger partial charge is 0.315 e. The van der Waals surface area contributed by atoms with Gasteiger partial charge in [-0.1, -0.05) is 6.07 Å². The Labute approximate surface area is 142 Å². The summed E-state index contributed by atoms with van der Waals surface area (Å²) >= 11 is 0. The van der Waals surface area contributed by atoms with Gasteiger partial charge in [-0.25, -0.2) is 4.79 Å². The van der Waals surface area contributed by atoms with E-state index in [4.69, 9.17) is 4.74 Å². The molecule has 2 aliphatic rings. The quantitative estimate of drug-likeness (QED) is 0.885. The number of amides is 3. The SMILES string of the molecule is Cc1ccc(N2CC[C@H](NC(=O)NC[C@H]3CCCO3)C2=O)cc1C. The number of ether oxygens (including phenoxy) is 1. The molecule has 0 aromatic heterocycles. The van der Waals surface area contributed by atoms with Gasteiger partial charge < -0.3 is 20.3 Å². The Hall–Kier alpha value is -2.08. The maximum Gasteiger partial charge on any atom is 0.315 e. The Kier molecular flexibility index (Phi) is 5.04. The highest BCUT2D eigenvalue weighted by Gasteiger charge is 2.33. The van der Waals surface area contributed by atoms with Crippen LogP contribution in [0.2, 0.25) is 0 Å². The molecule has 0 spiro atoms. The van der Waals surface area contributed by atoms with Gasteiger partial charge in [-0.05, 0) is 56.4 Å². The first kappa shape index (κ1) is 16.8. The van der Waals surface area contributed by atoms with Crippen LogP contribution < -0.4 is 15.5 Å². The molecular formula is C18H25N3O3. The Morgan fingerprint density at radius 3 is 2.83 bits per heavy atom. The second-order valence-corrected chi connectivity index (χ2v) is 6.59. The first-order valence-electron chi connectivity index (χ1n) is 8.59. The van der Waals surface area contributed by atoms with Crippen LogP contribution in [-0.2, 0) is 9.53 Å². The molecule has 1 aromatic rings. The van der Waals surface area contributed by atoms with Gasteiger partial charge in [-0.3, -0.25) is 4.79 Å². The van der Waals surface area contributed by atoms with E-state index < -0.39 is 6.04 Å². The number of aryl methyl sites for hydroxylation is 2. The molecule has 2 aliphatic heterocycles. The predicted molar refractivity (Wildman–Crippen MR) is 92.2 cm³/mol. The molecule has 2 N–H and O–H groups in total. The summed E-state index contributed by atoms with van der Waals surface area (Å²) in [6.07, 6.45) is 2.74. The van der Waals surface area contributed by atoms with Gasteiger partial charge in [0.1, 0.15) is 6.04 Å². The number of anilines is 1. The normalized spacial score (nSPS) is 23.6. The summed E-state index contributed by atoms with van der Waals surface area (Å²) in [6.45, 7) is 5.97. The maximum atomic E-state index is 12.6. The fourth-order valence-electron chi connectivity index (χ4n) is 3.18. The Morgan fingerprint density at radius 1 is 1.29 bits per heavy atom. The van der Waals surface area contributed by atoms with Crippen LogP contribution in [0, 0.1) is 13.8 Å². The van der Waals surface area contributed by atoms with Crippen molar-refractivity contribution in [1.82, 2.24) is 10.6 Å². The van der Waals surface area contributed by atoms with E-state index in [2.05, 4.69) is 10.6 Å². The third-order valence-corrected chi connectivity index (χ3v) is 4.83. The second kappa shape index (κ2) is 7.21. The van der Waals surface area contributed by atoms with E-state index in [1.165, 1.54) is 5.56 Å². The Morgan fingerprint density at radius 2 is 2.12 bits per heavy atom. The molecule has 3 amide bonds. The molecule has 130 valence electrons. The van der Waals surface area contributed by atoms with Crippen LogP contribution in [-0.4, -0.2) is 43.8 Å². The van der Waals surface area contributed by atoms with Gasteiger partial charge in [0.15, 0.2) is 0 Å². The van der Waals surface area contributed by atoms with E-state index in [0.717, 1.165) is 30.7 Å². The summed E-state index contributed by atoms with van der Waals surface area (Å²) in [4.78, 5) is 26.3. The topological polar surface area (TPSA) is 70.7 Å². The molecule has 2 atom stereocenters. The van der Waals surface area contributed by atoms with Crippen molar-refractivity contribution in [2.24, 2.45) is 0 Å². The molecule has 0 saturated carbocycles. The molecule has 1 aromatic carbocycles.